The Morgan fingerprint density at radius 3 is 2.05 bits per heavy atom. The Labute approximate surface area is 126 Å². The van der Waals surface area contributed by atoms with Crippen molar-refractivity contribution in [2.75, 3.05) is 45.5 Å². The molecule has 0 unspecified atom stereocenters. The average Bonchev–Trinajstić information content (AvgIpc) is 2.23. The third-order valence-corrected chi connectivity index (χ3v) is 5.08. The maximum absolute atomic E-state index is 11.9. The number of carbonyl (C=O) groups excluding carboxylic acids is 1. The van der Waals surface area contributed by atoms with Gasteiger partial charge in [0.2, 0.25) is 10.0 Å². The van der Waals surface area contributed by atoms with Crippen molar-refractivity contribution in [3.63, 3.8) is 0 Å². The first kappa shape index (κ1) is 16.5. The van der Waals surface area contributed by atoms with Gasteiger partial charge in [0.1, 0.15) is 5.60 Å². The molecule has 0 N–H and O–H groups in total. The number of sulfonamides is 1. The van der Waals surface area contributed by atoms with Crippen molar-refractivity contribution in [3.05, 3.63) is 0 Å². The second-order valence-electron chi connectivity index (χ2n) is 6.74. The summed E-state index contributed by atoms with van der Waals surface area (Å²) >= 11 is 0. The summed E-state index contributed by atoms with van der Waals surface area (Å²) in [5, 5.41) is 0. The molecule has 0 aromatic heterocycles. The van der Waals surface area contributed by atoms with Crippen LogP contribution in [-0.2, 0) is 14.8 Å². The van der Waals surface area contributed by atoms with Crippen molar-refractivity contribution < 1.29 is 17.9 Å². The van der Waals surface area contributed by atoms with Gasteiger partial charge in [-0.25, -0.2) is 13.2 Å². The number of ether oxygens (including phenoxy) is 1. The van der Waals surface area contributed by atoms with Crippen LogP contribution in [0, 0.1) is 0 Å². The van der Waals surface area contributed by atoms with Crippen molar-refractivity contribution in [2.45, 2.75) is 32.4 Å². The summed E-state index contributed by atoms with van der Waals surface area (Å²) in [6.45, 7) is 9.39. The lowest BCUT2D eigenvalue weighted by molar-refractivity contribution is -0.0204. The lowest BCUT2D eigenvalue weighted by Crippen LogP contribution is -2.64. The Hall–Kier alpha value is -0.860. The van der Waals surface area contributed by atoms with E-state index in [-0.39, 0.29) is 6.09 Å². The van der Waals surface area contributed by atoms with E-state index in [0.717, 1.165) is 13.1 Å². The molecule has 0 aliphatic carbocycles. The first-order chi connectivity index (χ1) is 9.56. The largest absolute Gasteiger partial charge is 0.444 e. The third-order valence-electron chi connectivity index (χ3n) is 3.77. The average molecular weight is 319 g/mol. The number of nitrogens with zero attached hydrogens (tertiary/aromatic N) is 3. The Bertz CT molecular complexity index is 486. The van der Waals surface area contributed by atoms with E-state index < -0.39 is 15.6 Å². The van der Waals surface area contributed by atoms with Crippen molar-refractivity contribution in [1.29, 1.82) is 0 Å². The molecule has 0 spiro atoms. The molecule has 0 bridgehead atoms. The number of piperazine rings is 1. The van der Waals surface area contributed by atoms with Crippen molar-refractivity contribution in [2.24, 2.45) is 0 Å². The van der Waals surface area contributed by atoms with E-state index in [0.29, 0.717) is 32.2 Å². The van der Waals surface area contributed by atoms with E-state index in [1.165, 1.54) is 10.6 Å². The molecular formula is C13H25N3O4S. The summed E-state index contributed by atoms with van der Waals surface area (Å²) in [5.41, 5.74) is -0.469. The SMILES string of the molecule is CC(C)(C)OC(=O)N1CC(N2CCN(S(C)(=O)=O)CC2)C1. The van der Waals surface area contributed by atoms with Crippen LogP contribution in [0.3, 0.4) is 0 Å². The Kier molecular flexibility index (Phi) is 4.51. The van der Waals surface area contributed by atoms with Gasteiger partial charge in [-0.05, 0) is 20.8 Å². The first-order valence-corrected chi connectivity index (χ1v) is 9.08. The molecule has 0 saturated carbocycles. The maximum Gasteiger partial charge on any atom is 0.410 e. The topological polar surface area (TPSA) is 70.2 Å². The van der Waals surface area contributed by atoms with Crippen LogP contribution in [0.25, 0.3) is 0 Å². The van der Waals surface area contributed by atoms with Crippen molar-refractivity contribution in [3.8, 4) is 0 Å². The van der Waals surface area contributed by atoms with Crippen LogP contribution in [-0.4, -0.2) is 85.8 Å². The number of likely N-dealkylation sites (tertiary alicyclic amines) is 1. The molecule has 7 nitrogen and oxygen atoms in total. The molecule has 0 atom stereocenters. The predicted molar refractivity (Wildman–Crippen MR) is 79.6 cm³/mol. The summed E-state index contributed by atoms with van der Waals surface area (Å²) in [5.74, 6) is 0. The Morgan fingerprint density at radius 1 is 1.10 bits per heavy atom. The minimum atomic E-state index is -3.09. The summed E-state index contributed by atoms with van der Waals surface area (Å²) in [7, 11) is -3.09. The van der Waals surface area contributed by atoms with Crippen LogP contribution in [0.5, 0.6) is 0 Å². The van der Waals surface area contributed by atoms with Gasteiger partial charge in [0, 0.05) is 45.3 Å². The molecule has 122 valence electrons. The molecule has 2 fully saturated rings. The van der Waals surface area contributed by atoms with Crippen LogP contribution < -0.4 is 0 Å². The summed E-state index contributed by atoms with van der Waals surface area (Å²) in [6, 6.07) is 0.319. The number of amides is 1. The van der Waals surface area contributed by atoms with Gasteiger partial charge in [0.15, 0.2) is 0 Å². The van der Waals surface area contributed by atoms with Crippen LogP contribution in [0.4, 0.5) is 4.79 Å². The van der Waals surface area contributed by atoms with Crippen LogP contribution in [0.15, 0.2) is 0 Å². The van der Waals surface area contributed by atoms with Gasteiger partial charge in [0.05, 0.1) is 6.26 Å². The second kappa shape index (κ2) is 5.73. The van der Waals surface area contributed by atoms with E-state index >= 15 is 0 Å². The fraction of sp³-hybridized carbons (Fsp3) is 0.923. The summed E-state index contributed by atoms with van der Waals surface area (Å²) < 4.78 is 29.7. The zero-order chi connectivity index (χ0) is 15.8. The smallest absolute Gasteiger partial charge is 0.410 e. The van der Waals surface area contributed by atoms with E-state index in [1.807, 2.05) is 20.8 Å². The molecule has 2 aliphatic rings. The highest BCUT2D eigenvalue weighted by Crippen LogP contribution is 2.20. The number of hydrogen-bond acceptors (Lipinski definition) is 5. The zero-order valence-corrected chi connectivity index (χ0v) is 14.0. The maximum atomic E-state index is 11.9. The molecule has 0 aromatic carbocycles. The normalized spacial score (nSPS) is 23.0. The van der Waals surface area contributed by atoms with Crippen LogP contribution in [0.2, 0.25) is 0 Å². The highest BCUT2D eigenvalue weighted by molar-refractivity contribution is 7.88. The molecule has 2 heterocycles. The minimum absolute atomic E-state index is 0.270. The van der Waals surface area contributed by atoms with E-state index in [4.69, 9.17) is 4.74 Å². The standard InChI is InChI=1S/C13H25N3O4S/c1-13(2,3)20-12(17)15-9-11(10-15)14-5-7-16(8-6-14)21(4,18)19/h11H,5-10H2,1-4H3. The fourth-order valence-corrected chi connectivity index (χ4v) is 3.39. The fourth-order valence-electron chi connectivity index (χ4n) is 2.56. The number of hydrogen-bond donors (Lipinski definition) is 0. The van der Waals surface area contributed by atoms with Gasteiger partial charge in [-0.1, -0.05) is 0 Å². The lowest BCUT2D eigenvalue weighted by atomic mass is 10.1. The molecule has 2 saturated heterocycles. The summed E-state index contributed by atoms with van der Waals surface area (Å²) in [6.07, 6.45) is 0.976. The molecule has 8 heteroatoms. The van der Waals surface area contributed by atoms with E-state index in [1.54, 1.807) is 4.90 Å². The monoisotopic (exact) mass is 319 g/mol. The van der Waals surface area contributed by atoms with Gasteiger partial charge in [0.25, 0.3) is 0 Å². The third kappa shape index (κ3) is 4.31. The van der Waals surface area contributed by atoms with Crippen molar-refractivity contribution in [1.82, 2.24) is 14.1 Å². The molecule has 2 aliphatic heterocycles. The molecule has 0 aromatic rings. The number of rotatable bonds is 2. The van der Waals surface area contributed by atoms with Gasteiger partial charge < -0.3 is 9.64 Å². The van der Waals surface area contributed by atoms with Crippen LogP contribution >= 0.6 is 0 Å². The van der Waals surface area contributed by atoms with Gasteiger partial charge in [-0.3, -0.25) is 4.90 Å². The van der Waals surface area contributed by atoms with Gasteiger partial charge >= 0.3 is 6.09 Å². The minimum Gasteiger partial charge on any atom is -0.444 e. The molecular weight excluding hydrogens is 294 g/mol. The van der Waals surface area contributed by atoms with E-state index in [2.05, 4.69) is 4.90 Å². The zero-order valence-electron chi connectivity index (χ0n) is 13.2. The quantitative estimate of drug-likeness (QED) is 0.726. The number of carbonyl (C=O) groups is 1. The molecule has 1 amide bonds. The Balaban J connectivity index is 1.75. The second-order valence-corrected chi connectivity index (χ2v) is 8.72. The van der Waals surface area contributed by atoms with Crippen LogP contribution in [0.1, 0.15) is 20.8 Å². The summed E-state index contributed by atoms with van der Waals surface area (Å²) in [4.78, 5) is 15.8. The molecule has 0 radical (unpaired) electrons. The first-order valence-electron chi connectivity index (χ1n) is 7.23. The predicted octanol–water partition coefficient (Wildman–Crippen LogP) is 0.183. The Morgan fingerprint density at radius 2 is 1.62 bits per heavy atom. The lowest BCUT2D eigenvalue weighted by Gasteiger charge is -2.47. The van der Waals surface area contributed by atoms with Gasteiger partial charge in [-0.15, -0.1) is 0 Å². The van der Waals surface area contributed by atoms with Crippen molar-refractivity contribution >= 4 is 16.1 Å². The highest BCUT2D eigenvalue weighted by Gasteiger charge is 2.38. The highest BCUT2D eigenvalue weighted by atomic mass is 32.2. The molecule has 2 rings (SSSR count). The van der Waals surface area contributed by atoms with E-state index in [9.17, 15) is 13.2 Å². The van der Waals surface area contributed by atoms with Gasteiger partial charge in [-0.2, -0.15) is 4.31 Å². The molecule has 21 heavy (non-hydrogen) atoms.